The van der Waals surface area contributed by atoms with Gasteiger partial charge in [-0.1, -0.05) is 18.2 Å². The standard InChI is InChI=1S/C20H18N2O3/c1-13-4-3-5-17(14(13)2)22-20(23)16(12-21)10-15-6-7-18-19(11-15)25-9-8-24-18/h3-7,10-11H,8-9H2,1-2H3,(H,22,23)/b16-10+. The Balaban J connectivity index is 1.84. The van der Waals surface area contributed by atoms with Crippen LogP contribution in [0.2, 0.25) is 0 Å². The van der Waals surface area contributed by atoms with E-state index >= 15 is 0 Å². The zero-order valence-electron chi connectivity index (χ0n) is 14.1. The molecule has 126 valence electrons. The summed E-state index contributed by atoms with van der Waals surface area (Å²) in [7, 11) is 0. The lowest BCUT2D eigenvalue weighted by molar-refractivity contribution is -0.112. The number of anilines is 1. The Morgan fingerprint density at radius 3 is 2.68 bits per heavy atom. The van der Waals surface area contributed by atoms with Crippen LogP contribution in [-0.2, 0) is 4.79 Å². The zero-order valence-corrected chi connectivity index (χ0v) is 14.1. The molecule has 1 aliphatic rings. The van der Waals surface area contributed by atoms with E-state index in [4.69, 9.17) is 9.47 Å². The fourth-order valence-corrected chi connectivity index (χ4v) is 2.54. The Labute approximate surface area is 146 Å². The molecule has 1 aliphatic heterocycles. The van der Waals surface area contributed by atoms with Crippen LogP contribution in [0, 0.1) is 25.2 Å². The first-order valence-electron chi connectivity index (χ1n) is 7.97. The van der Waals surface area contributed by atoms with E-state index in [0.717, 1.165) is 11.1 Å². The topological polar surface area (TPSA) is 71.4 Å². The summed E-state index contributed by atoms with van der Waals surface area (Å²) in [4.78, 5) is 12.4. The van der Waals surface area contributed by atoms with Crippen molar-refractivity contribution in [2.45, 2.75) is 13.8 Å². The van der Waals surface area contributed by atoms with Gasteiger partial charge in [0.05, 0.1) is 0 Å². The highest BCUT2D eigenvalue weighted by Crippen LogP contribution is 2.31. The third kappa shape index (κ3) is 3.64. The average Bonchev–Trinajstić information content (AvgIpc) is 2.63. The predicted molar refractivity (Wildman–Crippen MR) is 95.6 cm³/mol. The number of rotatable bonds is 3. The summed E-state index contributed by atoms with van der Waals surface area (Å²) < 4.78 is 11.0. The van der Waals surface area contributed by atoms with Crippen LogP contribution in [0.1, 0.15) is 16.7 Å². The fourth-order valence-electron chi connectivity index (χ4n) is 2.54. The maximum Gasteiger partial charge on any atom is 0.266 e. The summed E-state index contributed by atoms with van der Waals surface area (Å²) in [5, 5.41) is 12.2. The molecule has 0 fully saturated rings. The van der Waals surface area contributed by atoms with Gasteiger partial charge in [-0.2, -0.15) is 5.26 Å². The van der Waals surface area contributed by atoms with Gasteiger partial charge in [0, 0.05) is 5.69 Å². The number of nitriles is 1. The fraction of sp³-hybridized carbons (Fsp3) is 0.200. The number of carbonyl (C=O) groups excluding carboxylic acids is 1. The van der Waals surface area contributed by atoms with E-state index in [9.17, 15) is 10.1 Å². The molecule has 0 unspecified atom stereocenters. The van der Waals surface area contributed by atoms with Crippen molar-refractivity contribution in [3.05, 3.63) is 58.7 Å². The molecule has 1 N–H and O–H groups in total. The second-order valence-corrected chi connectivity index (χ2v) is 5.77. The summed E-state index contributed by atoms with van der Waals surface area (Å²) in [5.41, 5.74) is 3.49. The minimum atomic E-state index is -0.439. The summed E-state index contributed by atoms with van der Waals surface area (Å²) in [6.45, 7) is 4.91. The van der Waals surface area contributed by atoms with Gasteiger partial charge in [-0.25, -0.2) is 0 Å². The molecule has 2 aromatic rings. The number of ether oxygens (including phenoxy) is 2. The second kappa shape index (κ2) is 7.10. The molecule has 0 saturated carbocycles. The quantitative estimate of drug-likeness (QED) is 0.687. The minimum absolute atomic E-state index is 0.0255. The van der Waals surface area contributed by atoms with Crippen LogP contribution in [-0.4, -0.2) is 19.1 Å². The number of hydrogen-bond acceptors (Lipinski definition) is 4. The highest BCUT2D eigenvalue weighted by molar-refractivity contribution is 6.10. The van der Waals surface area contributed by atoms with Crippen molar-refractivity contribution in [2.24, 2.45) is 0 Å². The van der Waals surface area contributed by atoms with Crippen LogP contribution in [0.3, 0.4) is 0 Å². The van der Waals surface area contributed by atoms with Crippen molar-refractivity contribution in [3.8, 4) is 17.6 Å². The van der Waals surface area contributed by atoms with Crippen molar-refractivity contribution in [1.29, 1.82) is 5.26 Å². The number of carbonyl (C=O) groups is 1. The molecule has 0 aromatic heterocycles. The molecule has 0 atom stereocenters. The smallest absolute Gasteiger partial charge is 0.266 e. The summed E-state index contributed by atoms with van der Waals surface area (Å²) in [5.74, 6) is 0.847. The number of nitrogens with one attached hydrogen (secondary N) is 1. The number of benzene rings is 2. The second-order valence-electron chi connectivity index (χ2n) is 5.77. The molecule has 25 heavy (non-hydrogen) atoms. The summed E-state index contributed by atoms with van der Waals surface area (Å²) in [6, 6.07) is 12.9. The molecule has 5 nitrogen and oxygen atoms in total. The van der Waals surface area contributed by atoms with E-state index in [1.54, 1.807) is 24.3 Å². The molecule has 1 amide bonds. The van der Waals surface area contributed by atoms with Gasteiger partial charge in [0.1, 0.15) is 24.9 Å². The molecule has 3 rings (SSSR count). The average molecular weight is 334 g/mol. The van der Waals surface area contributed by atoms with Gasteiger partial charge in [-0.05, 0) is 54.8 Å². The highest BCUT2D eigenvalue weighted by atomic mass is 16.6. The van der Waals surface area contributed by atoms with Crippen molar-refractivity contribution in [2.75, 3.05) is 18.5 Å². The largest absolute Gasteiger partial charge is 0.486 e. The Hall–Kier alpha value is -3.26. The number of fused-ring (bicyclic) bond motifs is 1. The van der Waals surface area contributed by atoms with Crippen molar-refractivity contribution in [1.82, 2.24) is 0 Å². The molecule has 0 radical (unpaired) electrons. The molecule has 5 heteroatoms. The molecule has 1 heterocycles. The van der Waals surface area contributed by atoms with E-state index in [-0.39, 0.29) is 5.57 Å². The van der Waals surface area contributed by atoms with Crippen LogP contribution in [0.5, 0.6) is 11.5 Å². The van der Waals surface area contributed by atoms with Crippen molar-refractivity contribution < 1.29 is 14.3 Å². The molecule has 0 aliphatic carbocycles. The number of amides is 1. The lowest BCUT2D eigenvalue weighted by Crippen LogP contribution is -2.15. The van der Waals surface area contributed by atoms with Gasteiger partial charge in [0.15, 0.2) is 11.5 Å². The van der Waals surface area contributed by atoms with Crippen LogP contribution in [0.4, 0.5) is 5.69 Å². The molecule has 0 saturated heterocycles. The lowest BCUT2D eigenvalue weighted by Gasteiger charge is -2.18. The summed E-state index contributed by atoms with van der Waals surface area (Å²) in [6.07, 6.45) is 1.54. The first kappa shape index (κ1) is 16.6. The van der Waals surface area contributed by atoms with Gasteiger partial charge in [0.25, 0.3) is 5.91 Å². The Kier molecular flexibility index (Phi) is 4.71. The SMILES string of the molecule is Cc1cccc(NC(=O)/C(C#N)=C/c2ccc3c(c2)OCCO3)c1C. The van der Waals surface area contributed by atoms with Crippen molar-refractivity contribution >= 4 is 17.7 Å². The first-order valence-corrected chi connectivity index (χ1v) is 7.97. The zero-order chi connectivity index (χ0) is 17.8. The number of nitrogens with zero attached hydrogens (tertiary/aromatic N) is 1. The van der Waals surface area contributed by atoms with E-state index in [1.165, 1.54) is 0 Å². The number of aryl methyl sites for hydroxylation is 1. The molecule has 0 bridgehead atoms. The predicted octanol–water partition coefficient (Wildman–Crippen LogP) is 3.62. The normalized spacial score (nSPS) is 13.1. The van der Waals surface area contributed by atoms with E-state index in [1.807, 2.05) is 38.1 Å². The Morgan fingerprint density at radius 2 is 1.92 bits per heavy atom. The van der Waals surface area contributed by atoms with Gasteiger partial charge in [-0.15, -0.1) is 0 Å². The van der Waals surface area contributed by atoms with Gasteiger partial charge in [0.2, 0.25) is 0 Å². The first-order chi connectivity index (χ1) is 12.1. The molecular weight excluding hydrogens is 316 g/mol. The van der Waals surface area contributed by atoms with Crippen LogP contribution >= 0.6 is 0 Å². The minimum Gasteiger partial charge on any atom is -0.486 e. The van der Waals surface area contributed by atoms with Crippen LogP contribution in [0.25, 0.3) is 6.08 Å². The van der Waals surface area contributed by atoms with Crippen LogP contribution in [0.15, 0.2) is 42.0 Å². The van der Waals surface area contributed by atoms with Gasteiger partial charge in [-0.3, -0.25) is 4.79 Å². The summed E-state index contributed by atoms with van der Waals surface area (Å²) >= 11 is 0. The maximum absolute atomic E-state index is 12.4. The van der Waals surface area contributed by atoms with Crippen LogP contribution < -0.4 is 14.8 Å². The Bertz CT molecular complexity index is 894. The third-order valence-corrected chi connectivity index (χ3v) is 4.10. The van der Waals surface area contributed by atoms with E-state index in [0.29, 0.717) is 36.0 Å². The van der Waals surface area contributed by atoms with E-state index < -0.39 is 5.91 Å². The monoisotopic (exact) mass is 334 g/mol. The van der Waals surface area contributed by atoms with Gasteiger partial charge >= 0.3 is 0 Å². The molecule has 2 aromatic carbocycles. The maximum atomic E-state index is 12.4. The molecular formula is C20H18N2O3. The molecule has 0 spiro atoms. The lowest BCUT2D eigenvalue weighted by atomic mass is 10.1. The highest BCUT2D eigenvalue weighted by Gasteiger charge is 2.14. The number of hydrogen-bond donors (Lipinski definition) is 1. The van der Waals surface area contributed by atoms with Crippen molar-refractivity contribution in [3.63, 3.8) is 0 Å². The van der Waals surface area contributed by atoms with E-state index in [2.05, 4.69) is 5.32 Å². The van der Waals surface area contributed by atoms with Gasteiger partial charge < -0.3 is 14.8 Å². The Morgan fingerprint density at radius 1 is 1.16 bits per heavy atom. The third-order valence-electron chi connectivity index (χ3n) is 4.10.